The lowest BCUT2D eigenvalue weighted by molar-refractivity contribution is -0.135. The van der Waals surface area contributed by atoms with E-state index in [9.17, 15) is 9.59 Å². The van der Waals surface area contributed by atoms with Crippen LogP contribution in [0.1, 0.15) is 35.7 Å². The van der Waals surface area contributed by atoms with Gasteiger partial charge in [0.05, 0.1) is 23.6 Å². The predicted molar refractivity (Wildman–Crippen MR) is 115 cm³/mol. The van der Waals surface area contributed by atoms with Gasteiger partial charge >= 0.3 is 0 Å². The van der Waals surface area contributed by atoms with Crippen LogP contribution >= 0.6 is 11.6 Å². The normalized spacial score (nSPS) is 18.6. The molecule has 29 heavy (non-hydrogen) atoms. The lowest BCUT2D eigenvalue weighted by Crippen LogP contribution is -2.39. The maximum atomic E-state index is 13.2. The van der Waals surface area contributed by atoms with Crippen LogP contribution in [0.4, 0.5) is 0 Å². The molecule has 2 atom stereocenters. The van der Waals surface area contributed by atoms with Gasteiger partial charge in [-0.05, 0) is 43.7 Å². The molecule has 0 unspecified atom stereocenters. The van der Waals surface area contributed by atoms with E-state index in [0.29, 0.717) is 36.8 Å². The third-order valence-electron chi connectivity index (χ3n) is 5.65. The largest absolute Gasteiger partial charge is 0.497 e. The summed E-state index contributed by atoms with van der Waals surface area (Å²) in [5.41, 5.74) is 1.50. The molecule has 0 bridgehead atoms. The molecule has 2 aromatic rings. The summed E-state index contributed by atoms with van der Waals surface area (Å²) in [6.07, 6.45) is 0. The maximum Gasteiger partial charge on any atom is 0.255 e. The predicted octanol–water partition coefficient (Wildman–Crippen LogP) is 4.07. The SMILES string of the molecule is CCN(CC)C(=O)[C@H]1CN(C(=O)c2ccccc2Cl)C[C@@H]1c1ccc(OC)cc1. The standard InChI is InChI=1S/C23H27ClN2O3/c1-4-25(5-2)23(28)20-15-26(22(27)18-8-6-7-9-21(18)24)14-19(20)16-10-12-17(29-3)13-11-16/h6-13,19-20H,4-5,14-15H2,1-3H3/t19-,20+/m1/s1. The fourth-order valence-corrected chi connectivity index (χ4v) is 4.20. The number of methoxy groups -OCH3 is 1. The van der Waals surface area contributed by atoms with Crippen LogP contribution in [0.25, 0.3) is 0 Å². The second-order valence-corrected chi connectivity index (χ2v) is 7.59. The van der Waals surface area contributed by atoms with Gasteiger partial charge in [0.2, 0.25) is 5.91 Å². The van der Waals surface area contributed by atoms with Gasteiger partial charge in [-0.15, -0.1) is 0 Å². The zero-order valence-electron chi connectivity index (χ0n) is 17.1. The lowest BCUT2D eigenvalue weighted by atomic mass is 9.88. The molecule has 1 aliphatic heterocycles. The minimum atomic E-state index is -0.283. The van der Waals surface area contributed by atoms with Crippen molar-refractivity contribution in [2.24, 2.45) is 5.92 Å². The Morgan fingerprint density at radius 3 is 2.31 bits per heavy atom. The van der Waals surface area contributed by atoms with E-state index in [1.165, 1.54) is 0 Å². The highest BCUT2D eigenvalue weighted by Gasteiger charge is 2.42. The third kappa shape index (κ3) is 4.40. The van der Waals surface area contributed by atoms with Gasteiger partial charge in [0.25, 0.3) is 5.91 Å². The molecule has 2 aromatic carbocycles. The third-order valence-corrected chi connectivity index (χ3v) is 5.98. The quantitative estimate of drug-likeness (QED) is 0.715. The average Bonchev–Trinajstić information content (AvgIpc) is 3.20. The molecule has 0 saturated carbocycles. The van der Waals surface area contributed by atoms with Crippen molar-refractivity contribution in [3.8, 4) is 5.75 Å². The Hall–Kier alpha value is -2.53. The highest BCUT2D eigenvalue weighted by Crippen LogP contribution is 2.36. The summed E-state index contributed by atoms with van der Waals surface area (Å²) in [4.78, 5) is 29.9. The molecular formula is C23H27ClN2O3. The van der Waals surface area contributed by atoms with Crippen LogP contribution in [-0.2, 0) is 4.79 Å². The smallest absolute Gasteiger partial charge is 0.255 e. The van der Waals surface area contributed by atoms with E-state index in [-0.39, 0.29) is 23.7 Å². The molecule has 5 nitrogen and oxygen atoms in total. The van der Waals surface area contributed by atoms with Gasteiger partial charge in [-0.1, -0.05) is 35.9 Å². The molecule has 0 aromatic heterocycles. The van der Waals surface area contributed by atoms with Crippen molar-refractivity contribution in [3.63, 3.8) is 0 Å². The zero-order valence-corrected chi connectivity index (χ0v) is 17.9. The van der Waals surface area contributed by atoms with Crippen LogP contribution in [0.2, 0.25) is 5.02 Å². The summed E-state index contributed by atoms with van der Waals surface area (Å²) in [6, 6.07) is 14.8. The Balaban J connectivity index is 1.91. The van der Waals surface area contributed by atoms with E-state index in [2.05, 4.69) is 0 Å². The minimum absolute atomic E-state index is 0.0690. The molecule has 0 N–H and O–H groups in total. The first-order valence-electron chi connectivity index (χ1n) is 9.96. The van der Waals surface area contributed by atoms with Gasteiger partial charge in [0.15, 0.2) is 0 Å². The number of hydrogen-bond acceptors (Lipinski definition) is 3. The molecule has 6 heteroatoms. The molecule has 1 aliphatic rings. The highest BCUT2D eigenvalue weighted by atomic mass is 35.5. The van der Waals surface area contributed by atoms with Gasteiger partial charge in [-0.2, -0.15) is 0 Å². The molecule has 1 fully saturated rings. The van der Waals surface area contributed by atoms with Crippen LogP contribution in [-0.4, -0.2) is 54.9 Å². The van der Waals surface area contributed by atoms with Crippen molar-refractivity contribution in [2.45, 2.75) is 19.8 Å². The van der Waals surface area contributed by atoms with Gasteiger partial charge in [-0.25, -0.2) is 0 Å². The number of halogens is 1. The highest BCUT2D eigenvalue weighted by molar-refractivity contribution is 6.33. The van der Waals surface area contributed by atoms with Crippen LogP contribution in [0, 0.1) is 5.92 Å². The number of hydrogen-bond donors (Lipinski definition) is 0. The number of amides is 2. The molecular weight excluding hydrogens is 388 g/mol. The van der Waals surface area contributed by atoms with Crippen molar-refractivity contribution in [1.29, 1.82) is 0 Å². The van der Waals surface area contributed by atoms with Crippen LogP contribution in [0.5, 0.6) is 5.75 Å². The lowest BCUT2D eigenvalue weighted by Gasteiger charge is -2.25. The first kappa shape index (κ1) is 21.2. The van der Waals surface area contributed by atoms with Gasteiger partial charge in [-0.3, -0.25) is 9.59 Å². The van der Waals surface area contributed by atoms with Crippen LogP contribution in [0.15, 0.2) is 48.5 Å². The maximum absolute atomic E-state index is 13.2. The molecule has 1 saturated heterocycles. The second-order valence-electron chi connectivity index (χ2n) is 7.19. The van der Waals surface area contributed by atoms with E-state index in [1.54, 1.807) is 36.3 Å². The molecule has 0 aliphatic carbocycles. The molecule has 1 heterocycles. The van der Waals surface area contributed by atoms with E-state index in [0.717, 1.165) is 11.3 Å². The fourth-order valence-electron chi connectivity index (χ4n) is 3.98. The Morgan fingerprint density at radius 2 is 1.72 bits per heavy atom. The van der Waals surface area contributed by atoms with Crippen molar-refractivity contribution in [3.05, 3.63) is 64.7 Å². The van der Waals surface area contributed by atoms with Crippen molar-refractivity contribution < 1.29 is 14.3 Å². The van der Waals surface area contributed by atoms with Gasteiger partial charge in [0.1, 0.15) is 5.75 Å². The number of nitrogens with zero attached hydrogens (tertiary/aromatic N) is 2. The Labute approximate surface area is 177 Å². The van der Waals surface area contributed by atoms with Crippen LogP contribution < -0.4 is 4.74 Å². The summed E-state index contributed by atoms with van der Waals surface area (Å²) in [5.74, 6) is 0.367. The van der Waals surface area contributed by atoms with E-state index in [1.807, 2.05) is 43.0 Å². The van der Waals surface area contributed by atoms with E-state index >= 15 is 0 Å². The van der Waals surface area contributed by atoms with E-state index < -0.39 is 0 Å². The number of benzene rings is 2. The number of rotatable bonds is 6. The van der Waals surface area contributed by atoms with Crippen molar-refractivity contribution in [2.75, 3.05) is 33.3 Å². The summed E-state index contributed by atoms with van der Waals surface area (Å²) >= 11 is 6.24. The summed E-state index contributed by atoms with van der Waals surface area (Å²) < 4.78 is 5.26. The molecule has 3 rings (SSSR count). The zero-order chi connectivity index (χ0) is 21.0. The average molecular weight is 415 g/mol. The Kier molecular flexibility index (Phi) is 6.80. The number of likely N-dealkylation sites (tertiary alicyclic amines) is 1. The van der Waals surface area contributed by atoms with E-state index in [4.69, 9.17) is 16.3 Å². The van der Waals surface area contributed by atoms with Gasteiger partial charge < -0.3 is 14.5 Å². The molecule has 0 radical (unpaired) electrons. The molecule has 2 amide bonds. The topological polar surface area (TPSA) is 49.9 Å². The number of carbonyl (C=O) groups excluding carboxylic acids is 2. The number of ether oxygens (including phenoxy) is 1. The Morgan fingerprint density at radius 1 is 1.07 bits per heavy atom. The monoisotopic (exact) mass is 414 g/mol. The first-order valence-corrected chi connectivity index (χ1v) is 10.3. The Bertz CT molecular complexity index is 865. The van der Waals surface area contributed by atoms with Crippen molar-refractivity contribution >= 4 is 23.4 Å². The fraction of sp³-hybridized carbons (Fsp3) is 0.391. The summed E-state index contributed by atoms with van der Waals surface area (Å²) in [6.45, 7) is 6.13. The second kappa shape index (κ2) is 9.31. The van der Waals surface area contributed by atoms with Crippen LogP contribution in [0.3, 0.4) is 0 Å². The molecule has 154 valence electrons. The summed E-state index contributed by atoms with van der Waals surface area (Å²) in [5, 5.41) is 0.428. The first-order chi connectivity index (χ1) is 14.0. The number of carbonyl (C=O) groups is 2. The van der Waals surface area contributed by atoms with Gasteiger partial charge in [0, 0.05) is 32.1 Å². The van der Waals surface area contributed by atoms with Crippen molar-refractivity contribution in [1.82, 2.24) is 9.80 Å². The summed E-state index contributed by atoms with van der Waals surface area (Å²) in [7, 11) is 1.63. The molecule has 0 spiro atoms. The minimum Gasteiger partial charge on any atom is -0.497 e.